The number of anilines is 1. The van der Waals surface area contributed by atoms with E-state index in [1.54, 1.807) is 13.8 Å². The van der Waals surface area contributed by atoms with E-state index in [-0.39, 0.29) is 25.3 Å². The van der Waals surface area contributed by atoms with E-state index >= 15 is 0 Å². The molecular weight excluding hydrogens is 506 g/mol. The van der Waals surface area contributed by atoms with E-state index in [0.717, 1.165) is 5.56 Å². The second kappa shape index (κ2) is 14.0. The molecule has 0 spiro atoms. The molecule has 3 aromatic rings. The van der Waals surface area contributed by atoms with Gasteiger partial charge in [-0.25, -0.2) is 9.61 Å². The van der Waals surface area contributed by atoms with Crippen molar-refractivity contribution in [1.82, 2.24) is 30.1 Å². The first-order valence-corrected chi connectivity index (χ1v) is 12.6. The lowest BCUT2D eigenvalue weighted by Gasteiger charge is -2.25. The predicted octanol–water partition coefficient (Wildman–Crippen LogP) is 1.55. The van der Waals surface area contributed by atoms with Crippen LogP contribution in [0.4, 0.5) is 5.82 Å². The van der Waals surface area contributed by atoms with Crippen LogP contribution in [0.5, 0.6) is 0 Å². The number of aliphatic carboxylic acids is 1. The highest BCUT2D eigenvalue weighted by Gasteiger charge is 2.29. The van der Waals surface area contributed by atoms with Crippen molar-refractivity contribution in [3.05, 3.63) is 70.0 Å². The van der Waals surface area contributed by atoms with E-state index in [1.807, 2.05) is 42.2 Å². The van der Waals surface area contributed by atoms with Crippen LogP contribution in [0.25, 0.3) is 0 Å². The summed E-state index contributed by atoms with van der Waals surface area (Å²) < 4.78 is 5.85. The number of likely N-dealkylation sites (N-methyl/N-ethyl adjacent to an activating group) is 1. The lowest BCUT2D eigenvalue weighted by atomic mass is 10.1. The SMILES string of the molecule is CCC(C(=O)N[C@@H](CC(=O)O)C(=O)CN(CC)Cc1ccccc1)n1ccnc(NCc2nonc2C)c1=O. The summed E-state index contributed by atoms with van der Waals surface area (Å²) in [6, 6.07) is 7.33. The lowest BCUT2D eigenvalue weighted by molar-refractivity contribution is -0.140. The molecule has 1 amide bonds. The molecule has 208 valence electrons. The number of hydrogen-bond acceptors (Lipinski definition) is 10. The van der Waals surface area contributed by atoms with E-state index in [1.165, 1.54) is 17.0 Å². The summed E-state index contributed by atoms with van der Waals surface area (Å²) in [6.07, 6.45) is 2.38. The first-order valence-electron chi connectivity index (χ1n) is 12.6. The van der Waals surface area contributed by atoms with Crippen molar-refractivity contribution in [3.63, 3.8) is 0 Å². The number of Topliss-reactive ketones (excluding diaryl/α,β-unsaturated/α-hetero) is 1. The number of carbonyl (C=O) groups excluding carboxylic acids is 2. The smallest absolute Gasteiger partial charge is 0.305 e. The molecule has 0 radical (unpaired) electrons. The van der Waals surface area contributed by atoms with Crippen LogP contribution in [-0.4, -0.2) is 66.7 Å². The third kappa shape index (κ3) is 8.04. The van der Waals surface area contributed by atoms with Gasteiger partial charge in [0.2, 0.25) is 5.91 Å². The molecule has 2 aromatic heterocycles. The second-order valence-electron chi connectivity index (χ2n) is 8.98. The second-order valence-corrected chi connectivity index (χ2v) is 8.98. The minimum absolute atomic E-state index is 0.0104. The molecule has 0 aliphatic heterocycles. The van der Waals surface area contributed by atoms with Crippen molar-refractivity contribution in [2.24, 2.45) is 0 Å². The maximum atomic E-state index is 13.3. The van der Waals surface area contributed by atoms with Crippen molar-refractivity contribution in [2.75, 3.05) is 18.4 Å². The Morgan fingerprint density at radius 1 is 1.15 bits per heavy atom. The van der Waals surface area contributed by atoms with Gasteiger partial charge in [0.1, 0.15) is 17.4 Å². The highest BCUT2D eigenvalue weighted by atomic mass is 16.6. The maximum Gasteiger partial charge on any atom is 0.305 e. The summed E-state index contributed by atoms with van der Waals surface area (Å²) in [5.41, 5.74) is 1.51. The number of aryl methyl sites for hydroxylation is 1. The Bertz CT molecular complexity index is 1320. The van der Waals surface area contributed by atoms with Crippen molar-refractivity contribution >= 4 is 23.5 Å². The normalized spacial score (nSPS) is 12.6. The van der Waals surface area contributed by atoms with Crippen LogP contribution in [0.1, 0.15) is 49.7 Å². The fourth-order valence-corrected chi connectivity index (χ4v) is 4.02. The van der Waals surface area contributed by atoms with E-state index in [2.05, 4.69) is 30.6 Å². The predicted molar refractivity (Wildman–Crippen MR) is 141 cm³/mol. The highest BCUT2D eigenvalue weighted by Crippen LogP contribution is 2.13. The van der Waals surface area contributed by atoms with Crippen LogP contribution in [0, 0.1) is 6.92 Å². The number of nitrogens with zero attached hydrogens (tertiary/aromatic N) is 5. The average Bonchev–Trinajstić information content (AvgIpc) is 3.33. The highest BCUT2D eigenvalue weighted by molar-refractivity contribution is 5.94. The Balaban J connectivity index is 1.73. The molecule has 0 saturated carbocycles. The molecule has 0 aliphatic carbocycles. The Kier molecular flexibility index (Phi) is 10.4. The van der Waals surface area contributed by atoms with Gasteiger partial charge in [-0.3, -0.25) is 28.6 Å². The number of carbonyl (C=O) groups is 3. The minimum Gasteiger partial charge on any atom is -0.481 e. The van der Waals surface area contributed by atoms with Gasteiger partial charge in [-0.1, -0.05) is 54.5 Å². The number of nitrogens with one attached hydrogen (secondary N) is 2. The molecule has 2 atom stereocenters. The first-order chi connectivity index (χ1) is 18.7. The fraction of sp³-hybridized carbons (Fsp3) is 0.423. The number of hydrogen-bond donors (Lipinski definition) is 3. The van der Waals surface area contributed by atoms with Crippen LogP contribution in [0.2, 0.25) is 0 Å². The van der Waals surface area contributed by atoms with Crippen molar-refractivity contribution < 1.29 is 24.1 Å². The number of ketones is 1. The quantitative estimate of drug-likeness (QED) is 0.256. The number of carboxylic acid groups (broad SMARTS) is 1. The van der Waals surface area contributed by atoms with Crippen molar-refractivity contribution in [1.29, 1.82) is 0 Å². The summed E-state index contributed by atoms with van der Waals surface area (Å²) in [5, 5.41) is 22.3. The molecule has 13 heteroatoms. The van der Waals surface area contributed by atoms with E-state index in [0.29, 0.717) is 24.5 Å². The number of benzene rings is 1. The van der Waals surface area contributed by atoms with Gasteiger partial charge in [0.15, 0.2) is 11.6 Å². The van der Waals surface area contributed by atoms with Crippen LogP contribution < -0.4 is 16.2 Å². The zero-order chi connectivity index (χ0) is 28.4. The molecule has 3 N–H and O–H groups in total. The van der Waals surface area contributed by atoms with Gasteiger partial charge < -0.3 is 15.7 Å². The molecular formula is C26H33N7O6. The molecule has 13 nitrogen and oxygen atoms in total. The molecule has 39 heavy (non-hydrogen) atoms. The van der Waals surface area contributed by atoms with Gasteiger partial charge in [-0.05, 0) is 25.5 Å². The van der Waals surface area contributed by atoms with Crippen molar-refractivity contribution in [2.45, 2.75) is 58.8 Å². The number of rotatable bonds is 15. The summed E-state index contributed by atoms with van der Waals surface area (Å²) >= 11 is 0. The van der Waals surface area contributed by atoms with Crippen molar-refractivity contribution in [3.8, 4) is 0 Å². The van der Waals surface area contributed by atoms with Crippen LogP contribution in [-0.2, 0) is 27.5 Å². The van der Waals surface area contributed by atoms with Crippen LogP contribution >= 0.6 is 0 Å². The maximum absolute atomic E-state index is 13.3. The fourth-order valence-electron chi connectivity index (χ4n) is 4.02. The largest absolute Gasteiger partial charge is 0.481 e. The van der Waals surface area contributed by atoms with Crippen LogP contribution in [0.15, 0.2) is 52.1 Å². The Morgan fingerprint density at radius 3 is 2.51 bits per heavy atom. The Labute approximate surface area is 225 Å². The number of amides is 1. The monoisotopic (exact) mass is 539 g/mol. The number of aromatic nitrogens is 4. The van der Waals surface area contributed by atoms with Gasteiger partial charge in [0.05, 0.1) is 25.6 Å². The standard InChI is InChI=1S/C26H33N7O6/c1-4-21(33-12-11-27-24(26(33)38)28-14-20-17(3)30-39-31-20)25(37)29-19(13-23(35)36)22(34)16-32(5-2)15-18-9-7-6-8-10-18/h6-12,19,21H,4-5,13-16H2,1-3H3,(H,27,28)(H,29,37)(H,35,36)/t19-,21?/m0/s1. The molecule has 0 bridgehead atoms. The van der Waals surface area contributed by atoms with Gasteiger partial charge in [0, 0.05) is 18.9 Å². The minimum atomic E-state index is -1.26. The molecule has 2 heterocycles. The summed E-state index contributed by atoms with van der Waals surface area (Å²) in [4.78, 5) is 57.0. The van der Waals surface area contributed by atoms with Gasteiger partial charge in [0.25, 0.3) is 5.56 Å². The lowest BCUT2D eigenvalue weighted by Crippen LogP contribution is -2.49. The third-order valence-electron chi connectivity index (χ3n) is 6.22. The topological polar surface area (TPSA) is 173 Å². The Hall–Kier alpha value is -4.39. The first kappa shape index (κ1) is 29.2. The molecule has 1 aromatic carbocycles. The molecule has 0 aliphatic rings. The zero-order valence-corrected chi connectivity index (χ0v) is 22.2. The summed E-state index contributed by atoms with van der Waals surface area (Å²) in [6.45, 7) is 6.46. The third-order valence-corrected chi connectivity index (χ3v) is 6.22. The van der Waals surface area contributed by atoms with Gasteiger partial charge >= 0.3 is 5.97 Å². The van der Waals surface area contributed by atoms with E-state index in [9.17, 15) is 24.3 Å². The molecule has 1 unspecified atom stereocenters. The van der Waals surface area contributed by atoms with Gasteiger partial charge in [-0.2, -0.15) is 0 Å². The Morgan fingerprint density at radius 2 is 1.90 bits per heavy atom. The number of carboxylic acids is 1. The molecule has 3 rings (SSSR count). The summed E-state index contributed by atoms with van der Waals surface area (Å²) in [5.74, 6) is -2.31. The summed E-state index contributed by atoms with van der Waals surface area (Å²) in [7, 11) is 0. The molecule has 0 saturated heterocycles. The van der Waals surface area contributed by atoms with Crippen LogP contribution in [0.3, 0.4) is 0 Å². The molecule has 0 fully saturated rings. The van der Waals surface area contributed by atoms with E-state index < -0.39 is 41.7 Å². The average molecular weight is 540 g/mol. The van der Waals surface area contributed by atoms with E-state index in [4.69, 9.17) is 0 Å². The zero-order valence-electron chi connectivity index (χ0n) is 22.2. The van der Waals surface area contributed by atoms with Gasteiger partial charge in [-0.15, -0.1) is 0 Å².